The first-order valence-electron chi connectivity index (χ1n) is 9.07. The number of carbonyl (C=O) groups is 1. The van der Waals surface area contributed by atoms with Crippen LogP contribution in [0.1, 0.15) is 17.5 Å². The Balaban J connectivity index is 1.60. The fourth-order valence-corrected chi connectivity index (χ4v) is 3.92. The van der Waals surface area contributed by atoms with Gasteiger partial charge in [0, 0.05) is 12.5 Å². The van der Waals surface area contributed by atoms with Gasteiger partial charge in [0.05, 0.1) is 27.7 Å². The molecule has 0 unspecified atom stereocenters. The van der Waals surface area contributed by atoms with E-state index in [2.05, 4.69) is 15.1 Å². The largest absolute Gasteiger partial charge is 0.311 e. The van der Waals surface area contributed by atoms with E-state index in [0.717, 1.165) is 11.1 Å². The van der Waals surface area contributed by atoms with Crippen LogP contribution in [-0.4, -0.2) is 31.2 Å². The van der Waals surface area contributed by atoms with Crippen LogP contribution in [0.5, 0.6) is 0 Å². The maximum atomic E-state index is 12.4. The lowest BCUT2D eigenvalue weighted by Gasteiger charge is -2.11. The Morgan fingerprint density at radius 2 is 1.83 bits per heavy atom. The van der Waals surface area contributed by atoms with Gasteiger partial charge in [0.2, 0.25) is 15.9 Å². The average Bonchev–Trinajstić information content (AvgIpc) is 3.16. The first kappa shape index (κ1) is 22.3. The average molecular weight is 467 g/mol. The number of hydrogen-bond acceptors (Lipinski definition) is 4. The summed E-state index contributed by atoms with van der Waals surface area (Å²) in [6.45, 7) is 0.364. The van der Waals surface area contributed by atoms with Gasteiger partial charge in [-0.25, -0.2) is 17.8 Å². The molecule has 2 aromatic carbocycles. The van der Waals surface area contributed by atoms with Crippen LogP contribution in [0.2, 0.25) is 10.0 Å². The number of aryl methyl sites for hydroxylation is 1. The normalized spacial score (nSPS) is 11.4. The molecule has 1 aromatic heterocycles. The number of nitrogens with zero attached hydrogens (tertiary/aromatic N) is 2. The SMILES string of the molecule is CNS(=O)(=O)c1ccc(CCC(=O)Nc2ccnn2Cc2cccc(Cl)c2Cl)cc1. The van der Waals surface area contributed by atoms with Crippen molar-refractivity contribution in [3.05, 3.63) is 75.9 Å². The van der Waals surface area contributed by atoms with Crippen LogP contribution in [0.25, 0.3) is 0 Å². The van der Waals surface area contributed by atoms with E-state index in [9.17, 15) is 13.2 Å². The third-order valence-corrected chi connectivity index (χ3v) is 6.77. The number of anilines is 1. The van der Waals surface area contributed by atoms with Crippen molar-refractivity contribution < 1.29 is 13.2 Å². The molecule has 158 valence electrons. The zero-order valence-corrected chi connectivity index (χ0v) is 18.4. The highest BCUT2D eigenvalue weighted by molar-refractivity contribution is 7.89. The summed E-state index contributed by atoms with van der Waals surface area (Å²) in [4.78, 5) is 12.6. The molecule has 0 aliphatic carbocycles. The van der Waals surface area contributed by atoms with Gasteiger partial charge in [0.25, 0.3) is 0 Å². The molecule has 0 spiro atoms. The quantitative estimate of drug-likeness (QED) is 0.528. The molecule has 30 heavy (non-hydrogen) atoms. The van der Waals surface area contributed by atoms with Crippen molar-refractivity contribution in [1.82, 2.24) is 14.5 Å². The minimum absolute atomic E-state index is 0.180. The van der Waals surface area contributed by atoms with E-state index in [-0.39, 0.29) is 17.2 Å². The molecule has 2 N–H and O–H groups in total. The van der Waals surface area contributed by atoms with Gasteiger partial charge in [-0.1, -0.05) is 47.5 Å². The van der Waals surface area contributed by atoms with Gasteiger partial charge in [-0.3, -0.25) is 4.79 Å². The van der Waals surface area contributed by atoms with Crippen molar-refractivity contribution in [2.45, 2.75) is 24.3 Å². The highest BCUT2D eigenvalue weighted by Gasteiger charge is 2.12. The standard InChI is InChI=1S/C20H20Cl2N4O3S/c1-23-30(28,29)16-8-5-14(6-9-16)7-10-19(27)25-18-11-12-24-26(18)13-15-3-2-4-17(21)20(15)22/h2-6,8-9,11-12,23H,7,10,13H2,1H3,(H,25,27). The van der Waals surface area contributed by atoms with Gasteiger partial charge < -0.3 is 5.32 Å². The van der Waals surface area contributed by atoms with Gasteiger partial charge in [-0.2, -0.15) is 5.10 Å². The monoisotopic (exact) mass is 466 g/mol. The predicted octanol–water partition coefficient (Wildman–Crippen LogP) is 3.72. The second kappa shape index (κ2) is 9.61. The lowest BCUT2D eigenvalue weighted by Crippen LogP contribution is -2.18. The molecule has 0 fully saturated rings. The van der Waals surface area contributed by atoms with E-state index in [1.807, 2.05) is 6.07 Å². The van der Waals surface area contributed by atoms with Crippen molar-refractivity contribution in [3.63, 3.8) is 0 Å². The van der Waals surface area contributed by atoms with E-state index < -0.39 is 10.0 Å². The lowest BCUT2D eigenvalue weighted by atomic mass is 10.1. The third-order valence-electron chi connectivity index (χ3n) is 4.48. The third kappa shape index (κ3) is 5.40. The summed E-state index contributed by atoms with van der Waals surface area (Å²) in [5.41, 5.74) is 1.65. The fraction of sp³-hybridized carbons (Fsp3) is 0.200. The van der Waals surface area contributed by atoms with Crippen LogP contribution in [0.15, 0.2) is 59.6 Å². The van der Waals surface area contributed by atoms with E-state index in [1.54, 1.807) is 41.2 Å². The van der Waals surface area contributed by atoms with Crippen LogP contribution in [0, 0.1) is 0 Å². The molecule has 0 saturated heterocycles. The summed E-state index contributed by atoms with van der Waals surface area (Å²) >= 11 is 12.3. The summed E-state index contributed by atoms with van der Waals surface area (Å²) in [7, 11) is -2.11. The number of aromatic nitrogens is 2. The molecule has 3 aromatic rings. The summed E-state index contributed by atoms with van der Waals surface area (Å²) < 4.78 is 27.4. The smallest absolute Gasteiger partial charge is 0.240 e. The molecule has 0 radical (unpaired) electrons. The summed E-state index contributed by atoms with van der Waals surface area (Å²) in [5.74, 6) is 0.368. The van der Waals surface area contributed by atoms with Crippen molar-refractivity contribution >= 4 is 45.0 Å². The number of amides is 1. The first-order valence-corrected chi connectivity index (χ1v) is 11.3. The zero-order chi connectivity index (χ0) is 21.7. The molecule has 0 bridgehead atoms. The fourth-order valence-electron chi connectivity index (χ4n) is 2.81. The van der Waals surface area contributed by atoms with Crippen LogP contribution in [0.4, 0.5) is 5.82 Å². The van der Waals surface area contributed by atoms with E-state index in [0.29, 0.717) is 28.8 Å². The van der Waals surface area contributed by atoms with E-state index >= 15 is 0 Å². The molecular weight excluding hydrogens is 447 g/mol. The number of sulfonamides is 1. The minimum atomic E-state index is -3.47. The Morgan fingerprint density at radius 1 is 1.10 bits per heavy atom. The van der Waals surface area contributed by atoms with Gasteiger partial charge >= 0.3 is 0 Å². The van der Waals surface area contributed by atoms with E-state index in [4.69, 9.17) is 23.2 Å². The number of hydrogen-bond donors (Lipinski definition) is 2. The molecule has 1 heterocycles. The Hall–Kier alpha value is -2.39. The van der Waals surface area contributed by atoms with Gasteiger partial charge in [-0.15, -0.1) is 0 Å². The number of nitrogens with one attached hydrogen (secondary N) is 2. The van der Waals surface area contributed by atoms with Crippen LogP contribution in [-0.2, 0) is 27.8 Å². The number of halogens is 2. The summed E-state index contributed by atoms with van der Waals surface area (Å²) in [6, 6.07) is 13.5. The van der Waals surface area contributed by atoms with Crippen LogP contribution < -0.4 is 10.0 Å². The lowest BCUT2D eigenvalue weighted by molar-refractivity contribution is -0.116. The number of rotatable bonds is 8. The van der Waals surface area contributed by atoms with E-state index in [1.165, 1.54) is 19.2 Å². The number of carbonyl (C=O) groups excluding carboxylic acids is 1. The Bertz CT molecular complexity index is 1150. The molecule has 1 amide bonds. The molecule has 0 saturated carbocycles. The maximum Gasteiger partial charge on any atom is 0.240 e. The Kier molecular flexibility index (Phi) is 7.14. The molecular formula is C20H20Cl2N4O3S. The van der Waals surface area contributed by atoms with Crippen LogP contribution >= 0.6 is 23.2 Å². The van der Waals surface area contributed by atoms with Crippen LogP contribution in [0.3, 0.4) is 0 Å². The molecule has 0 atom stereocenters. The van der Waals surface area contributed by atoms with Gasteiger partial charge in [0.15, 0.2) is 0 Å². The Morgan fingerprint density at radius 3 is 2.53 bits per heavy atom. The second-order valence-corrected chi connectivity index (χ2v) is 9.16. The Labute approximate surface area is 185 Å². The number of benzene rings is 2. The van der Waals surface area contributed by atoms with Crippen molar-refractivity contribution in [1.29, 1.82) is 0 Å². The highest BCUT2D eigenvalue weighted by Crippen LogP contribution is 2.26. The molecule has 10 heteroatoms. The van der Waals surface area contributed by atoms with Crippen molar-refractivity contribution in [3.8, 4) is 0 Å². The zero-order valence-electron chi connectivity index (χ0n) is 16.1. The summed E-state index contributed by atoms with van der Waals surface area (Å²) in [5, 5.41) is 7.98. The van der Waals surface area contributed by atoms with Gasteiger partial charge in [0.1, 0.15) is 5.82 Å². The molecule has 0 aliphatic heterocycles. The molecule has 7 nitrogen and oxygen atoms in total. The minimum Gasteiger partial charge on any atom is -0.311 e. The second-order valence-electron chi connectivity index (χ2n) is 6.49. The first-order chi connectivity index (χ1) is 14.3. The summed E-state index contributed by atoms with van der Waals surface area (Å²) in [6.07, 6.45) is 2.30. The molecule has 0 aliphatic rings. The topological polar surface area (TPSA) is 93.1 Å². The highest BCUT2D eigenvalue weighted by atomic mass is 35.5. The van der Waals surface area contributed by atoms with Gasteiger partial charge in [-0.05, 0) is 42.8 Å². The molecule has 3 rings (SSSR count). The predicted molar refractivity (Wildman–Crippen MR) is 117 cm³/mol. The van der Waals surface area contributed by atoms with Crippen molar-refractivity contribution in [2.75, 3.05) is 12.4 Å². The maximum absolute atomic E-state index is 12.4. The van der Waals surface area contributed by atoms with Crippen molar-refractivity contribution in [2.24, 2.45) is 0 Å².